The molecule has 0 fully saturated rings. The molecule has 0 unspecified atom stereocenters. The van der Waals surface area contributed by atoms with Crippen molar-refractivity contribution in [3.05, 3.63) is 41.3 Å². The van der Waals surface area contributed by atoms with Crippen LogP contribution in [0.4, 0.5) is 0 Å². The van der Waals surface area contributed by atoms with Crippen molar-refractivity contribution in [3.63, 3.8) is 0 Å². The Kier molecular flexibility index (Phi) is 2.21. The topological polar surface area (TPSA) is 55.0 Å². The largest absolute Gasteiger partial charge is 0.464 e. The fourth-order valence-corrected chi connectivity index (χ4v) is 2.29. The van der Waals surface area contributed by atoms with Crippen LogP contribution in [-0.4, -0.2) is 23.0 Å². The Balaban J connectivity index is 2.13. The Labute approximate surface area is 98.6 Å². The summed E-state index contributed by atoms with van der Waals surface area (Å²) in [5.74, 6) is -0.324. The summed E-state index contributed by atoms with van der Waals surface area (Å²) in [6.07, 6.45) is 5.56. The summed E-state index contributed by atoms with van der Waals surface area (Å²) in [6, 6.07) is 3.86. The summed E-state index contributed by atoms with van der Waals surface area (Å²) in [5, 5.41) is 0. The minimum absolute atomic E-state index is 0.324. The second-order valence-electron chi connectivity index (χ2n) is 4.11. The van der Waals surface area contributed by atoms with E-state index in [2.05, 4.69) is 9.97 Å². The van der Waals surface area contributed by atoms with Gasteiger partial charge < -0.3 is 9.72 Å². The molecule has 0 amide bonds. The molecule has 0 bridgehead atoms. The highest BCUT2D eigenvalue weighted by atomic mass is 16.5. The van der Waals surface area contributed by atoms with E-state index in [4.69, 9.17) is 4.74 Å². The first kappa shape index (κ1) is 10.1. The molecule has 4 nitrogen and oxygen atoms in total. The van der Waals surface area contributed by atoms with Gasteiger partial charge in [0.15, 0.2) is 0 Å². The van der Waals surface area contributed by atoms with Gasteiger partial charge in [0.1, 0.15) is 5.69 Å². The Morgan fingerprint density at radius 3 is 3.06 bits per heavy atom. The standard InChI is InChI=1S/C13H12N2O2/c1-17-13(16)11-6-8-2-3-9-7-14-5-4-10(9)12(8)15-11/h4-7,15H,2-3H2,1H3. The highest BCUT2D eigenvalue weighted by Gasteiger charge is 2.20. The van der Waals surface area contributed by atoms with E-state index in [1.165, 1.54) is 18.2 Å². The van der Waals surface area contributed by atoms with E-state index < -0.39 is 0 Å². The lowest BCUT2D eigenvalue weighted by Gasteiger charge is -2.14. The van der Waals surface area contributed by atoms with E-state index in [-0.39, 0.29) is 5.97 Å². The molecule has 86 valence electrons. The van der Waals surface area contributed by atoms with Gasteiger partial charge in [0.2, 0.25) is 0 Å². The van der Waals surface area contributed by atoms with Gasteiger partial charge >= 0.3 is 5.97 Å². The summed E-state index contributed by atoms with van der Waals surface area (Å²) in [5.41, 5.74) is 5.06. The quantitative estimate of drug-likeness (QED) is 0.759. The van der Waals surface area contributed by atoms with E-state index >= 15 is 0 Å². The van der Waals surface area contributed by atoms with Crippen molar-refractivity contribution in [1.82, 2.24) is 9.97 Å². The molecule has 1 N–H and O–H groups in total. The number of carbonyl (C=O) groups excluding carboxylic acids is 1. The molecule has 2 aromatic rings. The van der Waals surface area contributed by atoms with Gasteiger partial charge in [-0.3, -0.25) is 4.98 Å². The van der Waals surface area contributed by atoms with Crippen LogP contribution in [0.15, 0.2) is 24.5 Å². The van der Waals surface area contributed by atoms with Crippen LogP contribution in [0.1, 0.15) is 21.6 Å². The van der Waals surface area contributed by atoms with Crippen molar-refractivity contribution in [2.45, 2.75) is 12.8 Å². The highest BCUT2D eigenvalue weighted by Crippen LogP contribution is 2.32. The summed E-state index contributed by atoms with van der Waals surface area (Å²) in [4.78, 5) is 18.7. The number of aryl methyl sites for hydroxylation is 2. The van der Waals surface area contributed by atoms with Gasteiger partial charge in [-0.05, 0) is 36.1 Å². The van der Waals surface area contributed by atoms with Gasteiger partial charge in [-0.1, -0.05) is 0 Å². The second kappa shape index (κ2) is 3.73. The minimum Gasteiger partial charge on any atom is -0.464 e. The summed E-state index contributed by atoms with van der Waals surface area (Å²) < 4.78 is 4.72. The number of carbonyl (C=O) groups is 1. The molecule has 17 heavy (non-hydrogen) atoms. The van der Waals surface area contributed by atoms with Crippen LogP contribution >= 0.6 is 0 Å². The number of esters is 1. The van der Waals surface area contributed by atoms with Crippen LogP contribution < -0.4 is 0 Å². The van der Waals surface area contributed by atoms with E-state index in [1.807, 2.05) is 18.3 Å². The first-order chi connectivity index (χ1) is 8.29. The number of rotatable bonds is 1. The van der Waals surface area contributed by atoms with Gasteiger partial charge in [-0.2, -0.15) is 0 Å². The Bertz CT molecular complexity index is 587. The van der Waals surface area contributed by atoms with Crippen molar-refractivity contribution in [2.75, 3.05) is 7.11 Å². The predicted octanol–water partition coefficient (Wildman–Crippen LogP) is 1.96. The molecule has 0 saturated carbocycles. The van der Waals surface area contributed by atoms with Crippen LogP contribution in [0.25, 0.3) is 11.3 Å². The van der Waals surface area contributed by atoms with Gasteiger partial charge in [0.25, 0.3) is 0 Å². The van der Waals surface area contributed by atoms with Crippen molar-refractivity contribution in [1.29, 1.82) is 0 Å². The number of hydrogen-bond acceptors (Lipinski definition) is 3. The fourth-order valence-electron chi connectivity index (χ4n) is 2.29. The van der Waals surface area contributed by atoms with E-state index in [1.54, 1.807) is 6.20 Å². The van der Waals surface area contributed by atoms with Crippen LogP contribution in [0.5, 0.6) is 0 Å². The second-order valence-corrected chi connectivity index (χ2v) is 4.11. The molecule has 1 aliphatic rings. The maximum Gasteiger partial charge on any atom is 0.354 e. The number of ether oxygens (including phenoxy) is 1. The van der Waals surface area contributed by atoms with Crippen LogP contribution in [0.3, 0.4) is 0 Å². The van der Waals surface area contributed by atoms with Gasteiger partial charge in [-0.15, -0.1) is 0 Å². The SMILES string of the molecule is COC(=O)c1cc2c([nH]1)-c1ccncc1CC2. The zero-order valence-corrected chi connectivity index (χ0v) is 9.49. The number of fused-ring (bicyclic) bond motifs is 3. The molecule has 2 aromatic heterocycles. The third-order valence-electron chi connectivity index (χ3n) is 3.14. The molecule has 0 aliphatic heterocycles. The lowest BCUT2D eigenvalue weighted by molar-refractivity contribution is 0.0595. The number of nitrogens with one attached hydrogen (secondary N) is 1. The number of methoxy groups -OCH3 is 1. The molecule has 2 heterocycles. The molecular weight excluding hydrogens is 216 g/mol. The molecule has 0 atom stereocenters. The molecule has 0 saturated heterocycles. The van der Waals surface area contributed by atoms with Crippen molar-refractivity contribution in [3.8, 4) is 11.3 Å². The summed E-state index contributed by atoms with van der Waals surface area (Å²) in [7, 11) is 1.39. The third-order valence-corrected chi connectivity index (χ3v) is 3.14. The first-order valence-corrected chi connectivity index (χ1v) is 5.53. The number of pyridine rings is 1. The van der Waals surface area contributed by atoms with Crippen molar-refractivity contribution in [2.24, 2.45) is 0 Å². The molecule has 0 spiro atoms. The predicted molar refractivity (Wildman–Crippen MR) is 62.8 cm³/mol. The highest BCUT2D eigenvalue weighted by molar-refractivity contribution is 5.89. The third kappa shape index (κ3) is 1.53. The number of hydrogen-bond donors (Lipinski definition) is 1. The minimum atomic E-state index is -0.324. The molecular formula is C13H12N2O2. The number of H-pyrrole nitrogens is 1. The van der Waals surface area contributed by atoms with Crippen molar-refractivity contribution < 1.29 is 9.53 Å². The number of aromatic nitrogens is 2. The Hall–Kier alpha value is -2.10. The maximum atomic E-state index is 11.5. The van der Waals surface area contributed by atoms with Crippen LogP contribution in [-0.2, 0) is 17.6 Å². The van der Waals surface area contributed by atoms with E-state index in [0.29, 0.717) is 5.69 Å². The van der Waals surface area contributed by atoms with Crippen LogP contribution in [0, 0.1) is 0 Å². The zero-order valence-electron chi connectivity index (χ0n) is 9.49. The Morgan fingerprint density at radius 1 is 1.41 bits per heavy atom. The van der Waals surface area contributed by atoms with E-state index in [9.17, 15) is 4.79 Å². The van der Waals surface area contributed by atoms with Gasteiger partial charge in [0, 0.05) is 23.7 Å². The van der Waals surface area contributed by atoms with Gasteiger partial charge in [-0.25, -0.2) is 4.79 Å². The van der Waals surface area contributed by atoms with Crippen molar-refractivity contribution >= 4 is 5.97 Å². The Morgan fingerprint density at radius 2 is 2.24 bits per heavy atom. The normalized spacial score (nSPS) is 12.8. The average Bonchev–Trinajstić information content (AvgIpc) is 2.82. The number of aromatic amines is 1. The average molecular weight is 228 g/mol. The first-order valence-electron chi connectivity index (χ1n) is 5.53. The molecule has 1 aliphatic carbocycles. The molecule has 4 heteroatoms. The van der Waals surface area contributed by atoms with Gasteiger partial charge in [0.05, 0.1) is 7.11 Å². The zero-order chi connectivity index (χ0) is 11.8. The van der Waals surface area contributed by atoms with Crippen LogP contribution in [0.2, 0.25) is 0 Å². The number of nitrogens with zero attached hydrogens (tertiary/aromatic N) is 1. The monoisotopic (exact) mass is 228 g/mol. The molecule has 0 aromatic carbocycles. The molecule has 3 rings (SSSR count). The lowest BCUT2D eigenvalue weighted by Crippen LogP contribution is -2.02. The lowest BCUT2D eigenvalue weighted by atomic mass is 9.92. The van der Waals surface area contributed by atoms with E-state index in [0.717, 1.165) is 24.1 Å². The summed E-state index contributed by atoms with van der Waals surface area (Å²) in [6.45, 7) is 0. The maximum absolute atomic E-state index is 11.5. The summed E-state index contributed by atoms with van der Waals surface area (Å²) >= 11 is 0. The smallest absolute Gasteiger partial charge is 0.354 e. The fraction of sp³-hybridized carbons (Fsp3) is 0.231. The molecule has 0 radical (unpaired) electrons.